The summed E-state index contributed by atoms with van der Waals surface area (Å²) in [7, 11) is 1.64. The molecule has 2 aromatic rings. The lowest BCUT2D eigenvalue weighted by atomic mass is 9.95. The molecule has 1 aromatic carbocycles. The van der Waals surface area contributed by atoms with Crippen LogP contribution in [-0.4, -0.2) is 17.7 Å². The van der Waals surface area contributed by atoms with Crippen molar-refractivity contribution in [3.05, 3.63) is 53.3 Å². The summed E-state index contributed by atoms with van der Waals surface area (Å²) in [4.78, 5) is 4.00. The van der Waals surface area contributed by atoms with Gasteiger partial charge in [0, 0.05) is 24.4 Å². The summed E-state index contributed by atoms with van der Waals surface area (Å²) < 4.78 is 11.4. The molecule has 116 valence electrons. The van der Waals surface area contributed by atoms with Gasteiger partial charge in [-0.25, -0.2) is 0 Å². The SMILES string of the molecule is COc1ccc(/C=C(/C#N)c2ccncc2)c2c1OC(C)(C)C2. The molecule has 0 saturated heterocycles. The molecule has 1 aliphatic heterocycles. The Bertz CT molecular complexity index is 802. The molecule has 1 aliphatic rings. The van der Waals surface area contributed by atoms with Gasteiger partial charge in [0.1, 0.15) is 5.60 Å². The van der Waals surface area contributed by atoms with Crippen LogP contribution < -0.4 is 9.47 Å². The molecule has 1 aromatic heterocycles. The molecule has 0 atom stereocenters. The van der Waals surface area contributed by atoms with E-state index >= 15 is 0 Å². The van der Waals surface area contributed by atoms with Gasteiger partial charge in [-0.3, -0.25) is 4.98 Å². The van der Waals surface area contributed by atoms with Gasteiger partial charge in [0.05, 0.1) is 18.8 Å². The quantitative estimate of drug-likeness (QED) is 0.808. The van der Waals surface area contributed by atoms with Gasteiger partial charge in [0.15, 0.2) is 11.5 Å². The monoisotopic (exact) mass is 306 g/mol. The third-order valence-electron chi connectivity index (χ3n) is 3.87. The number of ether oxygens (including phenoxy) is 2. The minimum Gasteiger partial charge on any atom is -0.493 e. The first-order valence-electron chi connectivity index (χ1n) is 7.45. The lowest BCUT2D eigenvalue weighted by Crippen LogP contribution is -2.24. The summed E-state index contributed by atoms with van der Waals surface area (Å²) >= 11 is 0. The van der Waals surface area contributed by atoms with E-state index in [-0.39, 0.29) is 5.60 Å². The van der Waals surface area contributed by atoms with E-state index in [2.05, 4.69) is 11.1 Å². The fourth-order valence-corrected chi connectivity index (χ4v) is 2.82. The van der Waals surface area contributed by atoms with Gasteiger partial charge in [-0.05, 0) is 49.2 Å². The maximum atomic E-state index is 9.50. The second kappa shape index (κ2) is 5.77. The average molecular weight is 306 g/mol. The van der Waals surface area contributed by atoms with Crippen LogP contribution >= 0.6 is 0 Å². The summed E-state index contributed by atoms with van der Waals surface area (Å²) in [6, 6.07) is 9.79. The molecule has 4 heteroatoms. The second-order valence-electron chi connectivity index (χ2n) is 6.11. The zero-order chi connectivity index (χ0) is 16.4. The summed E-state index contributed by atoms with van der Waals surface area (Å²) in [5, 5.41) is 9.50. The van der Waals surface area contributed by atoms with Crippen LogP contribution in [0.4, 0.5) is 0 Å². The van der Waals surface area contributed by atoms with Crippen molar-refractivity contribution in [1.82, 2.24) is 4.98 Å². The van der Waals surface area contributed by atoms with Crippen LogP contribution in [0.1, 0.15) is 30.5 Å². The molecule has 2 heterocycles. The van der Waals surface area contributed by atoms with E-state index in [1.165, 1.54) is 0 Å². The molecule has 0 amide bonds. The van der Waals surface area contributed by atoms with Crippen LogP contribution in [0.3, 0.4) is 0 Å². The molecule has 0 N–H and O–H groups in total. The number of methoxy groups -OCH3 is 1. The Morgan fingerprint density at radius 1 is 1.30 bits per heavy atom. The standard InChI is InChI=1S/C19H18N2O2/c1-19(2)11-16-14(4-5-17(22-3)18(16)23-19)10-15(12-20)13-6-8-21-9-7-13/h4-10H,11H2,1-3H3/b15-10-. The zero-order valence-corrected chi connectivity index (χ0v) is 13.5. The Balaban J connectivity index is 2.10. The number of hydrogen-bond donors (Lipinski definition) is 0. The van der Waals surface area contributed by atoms with Crippen molar-refractivity contribution in [2.75, 3.05) is 7.11 Å². The van der Waals surface area contributed by atoms with Crippen LogP contribution in [0.15, 0.2) is 36.7 Å². The van der Waals surface area contributed by atoms with Crippen molar-refractivity contribution in [3.8, 4) is 17.6 Å². The maximum absolute atomic E-state index is 9.50. The van der Waals surface area contributed by atoms with Gasteiger partial charge in [-0.2, -0.15) is 5.26 Å². The fourth-order valence-electron chi connectivity index (χ4n) is 2.82. The molecule has 0 fully saturated rings. The molecule has 0 aliphatic carbocycles. The first-order valence-corrected chi connectivity index (χ1v) is 7.45. The molecule has 0 bridgehead atoms. The Morgan fingerprint density at radius 2 is 2.04 bits per heavy atom. The summed E-state index contributed by atoms with van der Waals surface area (Å²) in [5.41, 5.74) is 3.24. The number of rotatable bonds is 3. The van der Waals surface area contributed by atoms with Crippen LogP contribution in [0.25, 0.3) is 11.6 Å². The van der Waals surface area contributed by atoms with E-state index < -0.39 is 0 Å². The number of fused-ring (bicyclic) bond motifs is 1. The highest BCUT2D eigenvalue weighted by Gasteiger charge is 2.34. The van der Waals surface area contributed by atoms with Crippen LogP contribution in [0.2, 0.25) is 0 Å². The van der Waals surface area contributed by atoms with Gasteiger partial charge in [0.2, 0.25) is 0 Å². The minimum atomic E-state index is -0.275. The smallest absolute Gasteiger partial charge is 0.165 e. The highest BCUT2D eigenvalue weighted by molar-refractivity contribution is 5.90. The topological polar surface area (TPSA) is 55.1 Å². The van der Waals surface area contributed by atoms with Crippen molar-refractivity contribution in [1.29, 1.82) is 5.26 Å². The van der Waals surface area contributed by atoms with E-state index in [1.54, 1.807) is 19.5 Å². The molecule has 0 radical (unpaired) electrons. The van der Waals surface area contributed by atoms with Crippen molar-refractivity contribution >= 4 is 11.6 Å². The maximum Gasteiger partial charge on any atom is 0.165 e. The Kier molecular flexibility index (Phi) is 3.79. The molecule has 3 rings (SSSR count). The number of hydrogen-bond acceptors (Lipinski definition) is 4. The molecular weight excluding hydrogens is 288 g/mol. The normalized spacial score (nSPS) is 15.5. The van der Waals surface area contributed by atoms with Crippen LogP contribution in [0.5, 0.6) is 11.5 Å². The van der Waals surface area contributed by atoms with E-state index in [0.717, 1.165) is 34.6 Å². The Hall–Kier alpha value is -2.80. The number of benzene rings is 1. The van der Waals surface area contributed by atoms with Gasteiger partial charge < -0.3 is 9.47 Å². The number of pyridine rings is 1. The average Bonchev–Trinajstić information content (AvgIpc) is 2.88. The minimum absolute atomic E-state index is 0.275. The van der Waals surface area contributed by atoms with Crippen LogP contribution in [-0.2, 0) is 6.42 Å². The van der Waals surface area contributed by atoms with Gasteiger partial charge in [0.25, 0.3) is 0 Å². The summed E-state index contributed by atoms with van der Waals surface area (Å²) in [6.45, 7) is 4.10. The van der Waals surface area contributed by atoms with E-state index in [0.29, 0.717) is 5.57 Å². The lowest BCUT2D eigenvalue weighted by Gasteiger charge is -2.17. The second-order valence-corrected chi connectivity index (χ2v) is 6.11. The number of nitrogens with zero attached hydrogens (tertiary/aromatic N) is 2. The van der Waals surface area contributed by atoms with Crippen molar-refractivity contribution < 1.29 is 9.47 Å². The Labute approximate surface area is 136 Å². The first-order chi connectivity index (χ1) is 11.0. The predicted molar refractivity (Wildman–Crippen MR) is 89.1 cm³/mol. The molecule has 0 unspecified atom stereocenters. The summed E-state index contributed by atoms with van der Waals surface area (Å²) in [5.74, 6) is 1.50. The third kappa shape index (κ3) is 2.91. The molecular formula is C19H18N2O2. The Morgan fingerprint density at radius 3 is 2.70 bits per heavy atom. The number of nitriles is 1. The van der Waals surface area contributed by atoms with E-state index in [4.69, 9.17) is 9.47 Å². The molecule has 0 spiro atoms. The van der Waals surface area contributed by atoms with Crippen molar-refractivity contribution in [2.24, 2.45) is 0 Å². The van der Waals surface area contributed by atoms with E-state index in [9.17, 15) is 5.26 Å². The summed E-state index contributed by atoms with van der Waals surface area (Å²) in [6.07, 6.45) is 6.05. The predicted octanol–water partition coefficient (Wildman–Crippen LogP) is 3.87. The third-order valence-corrected chi connectivity index (χ3v) is 3.87. The number of aromatic nitrogens is 1. The molecule has 0 saturated carbocycles. The van der Waals surface area contributed by atoms with Crippen molar-refractivity contribution in [2.45, 2.75) is 25.9 Å². The molecule has 4 nitrogen and oxygen atoms in total. The zero-order valence-electron chi connectivity index (χ0n) is 13.5. The number of allylic oxidation sites excluding steroid dienone is 1. The van der Waals surface area contributed by atoms with Gasteiger partial charge in [-0.1, -0.05) is 6.07 Å². The fraction of sp³-hybridized carbons (Fsp3) is 0.263. The van der Waals surface area contributed by atoms with Gasteiger partial charge >= 0.3 is 0 Å². The van der Waals surface area contributed by atoms with Gasteiger partial charge in [-0.15, -0.1) is 0 Å². The highest BCUT2D eigenvalue weighted by Crippen LogP contribution is 2.44. The first kappa shape index (κ1) is 15.1. The largest absolute Gasteiger partial charge is 0.493 e. The molecule has 23 heavy (non-hydrogen) atoms. The lowest BCUT2D eigenvalue weighted by molar-refractivity contribution is 0.134. The highest BCUT2D eigenvalue weighted by atomic mass is 16.5. The van der Waals surface area contributed by atoms with E-state index in [1.807, 2.05) is 44.2 Å². The van der Waals surface area contributed by atoms with Crippen LogP contribution in [0, 0.1) is 11.3 Å². The van der Waals surface area contributed by atoms with Crippen molar-refractivity contribution in [3.63, 3.8) is 0 Å².